The van der Waals surface area contributed by atoms with Crippen LogP contribution in [0.25, 0.3) is 0 Å². The first-order valence-corrected chi connectivity index (χ1v) is 9.16. The molecule has 1 amide bonds. The summed E-state index contributed by atoms with van der Waals surface area (Å²) in [6, 6.07) is 10.9. The van der Waals surface area contributed by atoms with Gasteiger partial charge in [-0.05, 0) is 30.3 Å². The number of benzene rings is 1. The molecule has 0 saturated heterocycles. The summed E-state index contributed by atoms with van der Waals surface area (Å²) in [5, 5.41) is 1.09. The van der Waals surface area contributed by atoms with Crippen molar-refractivity contribution >= 4 is 27.4 Å². The molecular formula is C17H15NO6S. The van der Waals surface area contributed by atoms with Crippen LogP contribution in [0.4, 0.5) is 5.69 Å². The highest BCUT2D eigenvalue weighted by molar-refractivity contribution is 7.94. The van der Waals surface area contributed by atoms with Gasteiger partial charge in [0, 0.05) is 11.1 Å². The third kappa shape index (κ3) is 3.97. The Morgan fingerprint density at radius 1 is 1.16 bits per heavy atom. The Balaban J connectivity index is 1.76. The number of nitrogens with zero attached hydrogens (tertiary/aromatic N) is 1. The fourth-order valence-corrected chi connectivity index (χ4v) is 3.76. The number of sulfone groups is 1. The summed E-state index contributed by atoms with van der Waals surface area (Å²) in [5.41, 5.74) is 0.522. The summed E-state index contributed by atoms with van der Waals surface area (Å²) in [4.78, 5) is 25.7. The zero-order chi connectivity index (χ0) is 17.9. The van der Waals surface area contributed by atoms with Crippen LogP contribution in [0.5, 0.6) is 0 Å². The second kappa shape index (κ2) is 6.94. The van der Waals surface area contributed by atoms with Gasteiger partial charge < -0.3 is 14.1 Å². The molecule has 0 spiro atoms. The molecule has 3 rings (SSSR count). The van der Waals surface area contributed by atoms with Gasteiger partial charge in [0.1, 0.15) is 0 Å². The van der Waals surface area contributed by atoms with Gasteiger partial charge >= 0.3 is 5.97 Å². The summed E-state index contributed by atoms with van der Waals surface area (Å²) in [7, 11) is -3.35. The number of rotatable bonds is 5. The zero-order valence-electron chi connectivity index (χ0n) is 13.1. The average Bonchev–Trinajstić information content (AvgIpc) is 3.24. The maximum atomic E-state index is 12.6. The quantitative estimate of drug-likeness (QED) is 0.754. The van der Waals surface area contributed by atoms with Crippen LogP contribution >= 0.6 is 0 Å². The van der Waals surface area contributed by atoms with Crippen molar-refractivity contribution in [1.29, 1.82) is 0 Å². The highest BCUT2D eigenvalue weighted by Gasteiger charge is 2.32. The number of carbonyl (C=O) groups excluding carboxylic acids is 2. The number of hydrogen-bond donors (Lipinski definition) is 0. The van der Waals surface area contributed by atoms with Crippen LogP contribution in [0, 0.1) is 0 Å². The van der Waals surface area contributed by atoms with Crippen molar-refractivity contribution in [1.82, 2.24) is 0 Å². The summed E-state index contributed by atoms with van der Waals surface area (Å²) in [6.07, 6.45) is 2.78. The minimum absolute atomic E-state index is 0.0117. The number of furan rings is 1. The van der Waals surface area contributed by atoms with Crippen molar-refractivity contribution in [3.63, 3.8) is 0 Å². The average molecular weight is 361 g/mol. The molecule has 25 heavy (non-hydrogen) atoms. The van der Waals surface area contributed by atoms with E-state index in [-0.39, 0.29) is 11.5 Å². The van der Waals surface area contributed by atoms with Crippen LogP contribution in [0.15, 0.2) is 64.6 Å². The Morgan fingerprint density at radius 3 is 2.52 bits per heavy atom. The minimum atomic E-state index is -3.35. The van der Waals surface area contributed by atoms with Gasteiger partial charge in [0.15, 0.2) is 16.4 Å². The lowest BCUT2D eigenvalue weighted by molar-refractivity contribution is -0.121. The molecule has 2 heterocycles. The lowest BCUT2D eigenvalue weighted by Crippen LogP contribution is -2.43. The molecule has 130 valence electrons. The molecule has 0 radical (unpaired) electrons. The van der Waals surface area contributed by atoms with E-state index >= 15 is 0 Å². The molecular weight excluding hydrogens is 346 g/mol. The normalized spacial score (nSPS) is 18.0. The number of para-hydroxylation sites is 1. The second-order valence-corrected chi connectivity index (χ2v) is 7.31. The van der Waals surface area contributed by atoms with Gasteiger partial charge in [-0.25, -0.2) is 13.2 Å². The van der Waals surface area contributed by atoms with Gasteiger partial charge in [0.05, 0.1) is 18.1 Å². The Labute approximate surface area is 144 Å². The van der Waals surface area contributed by atoms with Crippen molar-refractivity contribution in [3.05, 3.63) is 66.0 Å². The second-order valence-electron chi connectivity index (χ2n) is 5.38. The first kappa shape index (κ1) is 17.0. The smallest absolute Gasteiger partial charge is 0.374 e. The zero-order valence-corrected chi connectivity index (χ0v) is 13.9. The van der Waals surface area contributed by atoms with Crippen molar-refractivity contribution in [2.75, 3.05) is 17.3 Å². The molecule has 2 aromatic rings. The van der Waals surface area contributed by atoms with Crippen molar-refractivity contribution in [2.45, 2.75) is 6.04 Å². The third-order valence-corrected chi connectivity index (χ3v) is 4.97. The van der Waals surface area contributed by atoms with E-state index in [1.165, 1.54) is 29.4 Å². The molecule has 0 N–H and O–H groups in total. The fraction of sp³-hybridized carbons (Fsp3) is 0.176. The number of carbonyl (C=O) groups is 2. The van der Waals surface area contributed by atoms with Crippen LogP contribution < -0.4 is 4.90 Å². The molecule has 8 heteroatoms. The van der Waals surface area contributed by atoms with E-state index < -0.39 is 34.4 Å². The largest absolute Gasteiger partial charge is 0.457 e. The summed E-state index contributed by atoms with van der Waals surface area (Å²) >= 11 is 0. The predicted molar refractivity (Wildman–Crippen MR) is 89.6 cm³/mol. The van der Waals surface area contributed by atoms with E-state index in [0.717, 1.165) is 5.41 Å². The van der Waals surface area contributed by atoms with Crippen LogP contribution in [0.1, 0.15) is 10.6 Å². The van der Waals surface area contributed by atoms with E-state index in [4.69, 9.17) is 9.15 Å². The molecule has 0 aliphatic carbocycles. The molecule has 0 bridgehead atoms. The van der Waals surface area contributed by atoms with Gasteiger partial charge in [-0.3, -0.25) is 4.79 Å². The number of hydrogen-bond acceptors (Lipinski definition) is 6. The molecule has 0 saturated carbocycles. The Bertz CT molecular complexity index is 886. The maximum absolute atomic E-state index is 12.6. The molecule has 0 fully saturated rings. The molecule has 1 aromatic carbocycles. The van der Waals surface area contributed by atoms with E-state index in [9.17, 15) is 18.0 Å². The minimum Gasteiger partial charge on any atom is -0.457 e. The lowest BCUT2D eigenvalue weighted by atomic mass is 10.2. The SMILES string of the molecule is O=C(OCC(=O)N(c1ccccc1)[C@@H]1C=CS(=O)(=O)C1)c1ccco1. The Kier molecular flexibility index (Phi) is 4.71. The van der Waals surface area contributed by atoms with Gasteiger partial charge in [0.2, 0.25) is 5.76 Å². The monoisotopic (exact) mass is 361 g/mol. The highest BCUT2D eigenvalue weighted by atomic mass is 32.2. The number of amides is 1. The van der Waals surface area contributed by atoms with Gasteiger partial charge in [0.25, 0.3) is 5.91 Å². The summed E-state index contributed by atoms with van der Waals surface area (Å²) < 4.78 is 33.3. The highest BCUT2D eigenvalue weighted by Crippen LogP contribution is 2.22. The van der Waals surface area contributed by atoms with Gasteiger partial charge in [-0.2, -0.15) is 0 Å². The first-order valence-electron chi connectivity index (χ1n) is 7.45. The number of ether oxygens (including phenoxy) is 1. The molecule has 0 unspecified atom stereocenters. The third-order valence-electron chi connectivity index (χ3n) is 3.59. The van der Waals surface area contributed by atoms with E-state index in [2.05, 4.69) is 0 Å². The van der Waals surface area contributed by atoms with Gasteiger partial charge in [-0.15, -0.1) is 0 Å². The van der Waals surface area contributed by atoms with Crippen molar-refractivity contribution in [2.24, 2.45) is 0 Å². The van der Waals surface area contributed by atoms with Gasteiger partial charge in [-0.1, -0.05) is 18.2 Å². The topological polar surface area (TPSA) is 93.9 Å². The molecule has 1 aromatic heterocycles. The molecule has 1 atom stereocenters. The number of esters is 1. The van der Waals surface area contributed by atoms with Crippen molar-refractivity contribution < 1.29 is 27.2 Å². The van der Waals surface area contributed by atoms with E-state index in [1.54, 1.807) is 30.3 Å². The fourth-order valence-electron chi connectivity index (χ4n) is 2.49. The molecule has 1 aliphatic heterocycles. The van der Waals surface area contributed by atoms with E-state index in [1.807, 2.05) is 0 Å². The maximum Gasteiger partial charge on any atom is 0.374 e. The van der Waals surface area contributed by atoms with Crippen LogP contribution in [0.2, 0.25) is 0 Å². The molecule has 7 nitrogen and oxygen atoms in total. The summed E-state index contributed by atoms with van der Waals surface area (Å²) in [6.45, 7) is -0.529. The first-order chi connectivity index (χ1) is 12.0. The van der Waals surface area contributed by atoms with Crippen LogP contribution in [0.3, 0.4) is 0 Å². The number of anilines is 1. The van der Waals surface area contributed by atoms with E-state index in [0.29, 0.717) is 5.69 Å². The Morgan fingerprint density at radius 2 is 1.92 bits per heavy atom. The molecule has 1 aliphatic rings. The Hall–Kier alpha value is -2.87. The van der Waals surface area contributed by atoms with Crippen LogP contribution in [-0.2, 0) is 19.4 Å². The predicted octanol–water partition coefficient (Wildman–Crippen LogP) is 1.78. The van der Waals surface area contributed by atoms with Crippen LogP contribution in [-0.4, -0.2) is 38.7 Å². The lowest BCUT2D eigenvalue weighted by Gasteiger charge is -2.27. The standard InChI is InChI=1S/C17H15NO6S/c19-16(11-24-17(20)15-7-4-9-23-15)18(13-5-2-1-3-6-13)14-8-10-25(21,22)12-14/h1-10,14H,11-12H2/t14-/m1/s1. The van der Waals surface area contributed by atoms with Crippen molar-refractivity contribution in [3.8, 4) is 0 Å². The summed E-state index contributed by atoms with van der Waals surface area (Å²) in [5.74, 6) is -1.51.